The van der Waals surface area contributed by atoms with Gasteiger partial charge in [0.05, 0.1) is 26.4 Å². The first-order valence-corrected chi connectivity index (χ1v) is 10.0. The zero-order chi connectivity index (χ0) is 20.5. The van der Waals surface area contributed by atoms with E-state index in [4.69, 9.17) is 14.2 Å². The van der Waals surface area contributed by atoms with Crippen LogP contribution in [-0.4, -0.2) is 31.5 Å². The van der Waals surface area contributed by atoms with Crippen molar-refractivity contribution in [3.05, 3.63) is 95.6 Å². The standard InChI is InChI=1S/C25H28O4/c1-3-27-23-16-10-8-14-21(23)25(29-19-18-26,20-12-6-5-7-13-20)22-15-9-11-17-24(22)28-4-2/h5-17,26H,3-4,18-19H2,1-2H3. The topological polar surface area (TPSA) is 47.9 Å². The van der Waals surface area contributed by atoms with Crippen molar-refractivity contribution in [2.24, 2.45) is 0 Å². The SMILES string of the molecule is CCOc1ccccc1C(OCCO)(c1ccccc1)c1ccccc1OCC. The van der Waals surface area contributed by atoms with E-state index >= 15 is 0 Å². The van der Waals surface area contributed by atoms with Crippen molar-refractivity contribution < 1.29 is 19.3 Å². The molecule has 152 valence electrons. The lowest BCUT2D eigenvalue weighted by Crippen LogP contribution is -2.35. The zero-order valence-corrected chi connectivity index (χ0v) is 17.0. The second kappa shape index (κ2) is 10.1. The summed E-state index contributed by atoms with van der Waals surface area (Å²) in [4.78, 5) is 0. The van der Waals surface area contributed by atoms with Gasteiger partial charge in [-0.1, -0.05) is 66.7 Å². The third-order valence-electron chi connectivity index (χ3n) is 4.72. The predicted octanol–water partition coefficient (Wildman–Crippen LogP) is 4.78. The second-order valence-electron chi connectivity index (χ2n) is 6.48. The van der Waals surface area contributed by atoms with E-state index in [-0.39, 0.29) is 13.2 Å². The summed E-state index contributed by atoms with van der Waals surface area (Å²) in [6, 6.07) is 25.8. The van der Waals surface area contributed by atoms with E-state index in [2.05, 4.69) is 0 Å². The van der Waals surface area contributed by atoms with Crippen LogP contribution in [0.5, 0.6) is 11.5 Å². The molecule has 0 amide bonds. The van der Waals surface area contributed by atoms with Gasteiger partial charge in [0.2, 0.25) is 0 Å². The molecule has 4 nitrogen and oxygen atoms in total. The predicted molar refractivity (Wildman–Crippen MR) is 115 cm³/mol. The molecule has 0 aliphatic carbocycles. The largest absolute Gasteiger partial charge is 0.493 e. The number of aliphatic hydroxyl groups is 1. The highest BCUT2D eigenvalue weighted by molar-refractivity contribution is 5.56. The second-order valence-corrected chi connectivity index (χ2v) is 6.48. The van der Waals surface area contributed by atoms with Gasteiger partial charge < -0.3 is 19.3 Å². The number of rotatable bonds is 10. The van der Waals surface area contributed by atoms with Gasteiger partial charge in [0.25, 0.3) is 0 Å². The molecule has 1 N–H and O–H groups in total. The third kappa shape index (κ3) is 4.29. The van der Waals surface area contributed by atoms with Crippen LogP contribution in [0.1, 0.15) is 30.5 Å². The number of ether oxygens (including phenoxy) is 3. The molecule has 0 aromatic heterocycles. The van der Waals surface area contributed by atoms with E-state index in [1.807, 2.05) is 92.7 Å². The fourth-order valence-electron chi connectivity index (χ4n) is 3.64. The number of hydrogen-bond donors (Lipinski definition) is 1. The fourth-order valence-corrected chi connectivity index (χ4v) is 3.64. The first-order chi connectivity index (χ1) is 14.3. The van der Waals surface area contributed by atoms with Crippen LogP contribution in [0.2, 0.25) is 0 Å². The van der Waals surface area contributed by atoms with Crippen molar-refractivity contribution in [2.75, 3.05) is 26.4 Å². The van der Waals surface area contributed by atoms with Crippen LogP contribution in [0.25, 0.3) is 0 Å². The van der Waals surface area contributed by atoms with Crippen molar-refractivity contribution in [3.63, 3.8) is 0 Å². The summed E-state index contributed by atoms with van der Waals surface area (Å²) in [6.07, 6.45) is 0. The molecule has 0 bridgehead atoms. The van der Waals surface area contributed by atoms with Gasteiger partial charge in [0, 0.05) is 11.1 Å². The van der Waals surface area contributed by atoms with Crippen molar-refractivity contribution in [1.82, 2.24) is 0 Å². The van der Waals surface area contributed by atoms with E-state index in [0.717, 1.165) is 28.2 Å². The number of benzene rings is 3. The molecule has 0 aliphatic rings. The highest BCUT2D eigenvalue weighted by Crippen LogP contribution is 2.47. The monoisotopic (exact) mass is 392 g/mol. The van der Waals surface area contributed by atoms with Gasteiger partial charge in [-0.05, 0) is 31.5 Å². The maximum absolute atomic E-state index is 9.63. The summed E-state index contributed by atoms with van der Waals surface area (Å²) in [5.41, 5.74) is 1.68. The Bertz CT molecular complexity index is 843. The van der Waals surface area contributed by atoms with Crippen molar-refractivity contribution in [2.45, 2.75) is 19.4 Å². The quantitative estimate of drug-likeness (QED) is 0.504. The lowest BCUT2D eigenvalue weighted by molar-refractivity contribution is -0.00943. The molecule has 0 radical (unpaired) electrons. The summed E-state index contributed by atoms with van der Waals surface area (Å²) in [5.74, 6) is 1.48. The Morgan fingerprint density at radius 2 is 1.17 bits per heavy atom. The molecular formula is C25H28O4. The first kappa shape index (κ1) is 20.9. The molecule has 0 spiro atoms. The summed E-state index contributed by atoms with van der Waals surface area (Å²) in [7, 11) is 0. The van der Waals surface area contributed by atoms with Crippen LogP contribution in [-0.2, 0) is 10.3 Å². The molecule has 0 saturated heterocycles. The smallest absolute Gasteiger partial charge is 0.150 e. The lowest BCUT2D eigenvalue weighted by atomic mass is 9.79. The van der Waals surface area contributed by atoms with E-state index in [9.17, 15) is 5.11 Å². The summed E-state index contributed by atoms with van der Waals surface area (Å²) < 4.78 is 18.5. The van der Waals surface area contributed by atoms with E-state index < -0.39 is 5.60 Å². The van der Waals surface area contributed by atoms with E-state index in [0.29, 0.717) is 13.2 Å². The fraction of sp³-hybridized carbons (Fsp3) is 0.280. The van der Waals surface area contributed by atoms with Gasteiger partial charge in [0.15, 0.2) is 5.60 Å². The molecule has 0 unspecified atom stereocenters. The van der Waals surface area contributed by atoms with Crippen LogP contribution in [0.4, 0.5) is 0 Å². The van der Waals surface area contributed by atoms with Crippen molar-refractivity contribution in [3.8, 4) is 11.5 Å². The summed E-state index contributed by atoms with van der Waals surface area (Å²) in [6.45, 7) is 5.06. The van der Waals surface area contributed by atoms with Crippen molar-refractivity contribution >= 4 is 0 Å². The molecule has 0 saturated carbocycles. The Labute approximate surface area is 172 Å². The first-order valence-electron chi connectivity index (χ1n) is 10.0. The maximum Gasteiger partial charge on any atom is 0.150 e. The van der Waals surface area contributed by atoms with Crippen LogP contribution in [0.3, 0.4) is 0 Å². The van der Waals surface area contributed by atoms with Crippen LogP contribution < -0.4 is 9.47 Å². The maximum atomic E-state index is 9.63. The van der Waals surface area contributed by atoms with Gasteiger partial charge in [0.1, 0.15) is 11.5 Å². The number of para-hydroxylation sites is 2. The number of hydrogen-bond acceptors (Lipinski definition) is 4. The van der Waals surface area contributed by atoms with Crippen molar-refractivity contribution in [1.29, 1.82) is 0 Å². The van der Waals surface area contributed by atoms with Gasteiger partial charge in [-0.15, -0.1) is 0 Å². The zero-order valence-electron chi connectivity index (χ0n) is 17.0. The molecule has 3 rings (SSSR count). The average Bonchev–Trinajstić information content (AvgIpc) is 2.77. The van der Waals surface area contributed by atoms with Gasteiger partial charge in [-0.25, -0.2) is 0 Å². The highest BCUT2D eigenvalue weighted by Gasteiger charge is 2.42. The third-order valence-corrected chi connectivity index (χ3v) is 4.72. The van der Waals surface area contributed by atoms with E-state index in [1.165, 1.54) is 0 Å². The summed E-state index contributed by atoms with van der Waals surface area (Å²) >= 11 is 0. The van der Waals surface area contributed by atoms with Gasteiger partial charge in [-0.2, -0.15) is 0 Å². The van der Waals surface area contributed by atoms with Gasteiger partial charge >= 0.3 is 0 Å². The average molecular weight is 392 g/mol. The highest BCUT2D eigenvalue weighted by atomic mass is 16.5. The molecule has 0 atom stereocenters. The molecule has 3 aromatic rings. The molecular weight excluding hydrogens is 364 g/mol. The van der Waals surface area contributed by atoms with E-state index in [1.54, 1.807) is 0 Å². The van der Waals surface area contributed by atoms with Crippen LogP contribution >= 0.6 is 0 Å². The van der Waals surface area contributed by atoms with Gasteiger partial charge in [-0.3, -0.25) is 0 Å². The number of aliphatic hydroxyl groups excluding tert-OH is 1. The Morgan fingerprint density at radius 1 is 0.690 bits per heavy atom. The Hall–Kier alpha value is -2.82. The summed E-state index contributed by atoms with van der Waals surface area (Å²) in [5, 5.41) is 9.63. The Balaban J connectivity index is 2.37. The minimum absolute atomic E-state index is 0.0951. The normalized spacial score (nSPS) is 11.3. The molecule has 3 aromatic carbocycles. The molecule has 0 fully saturated rings. The molecule has 29 heavy (non-hydrogen) atoms. The molecule has 0 aliphatic heterocycles. The minimum Gasteiger partial charge on any atom is -0.493 e. The molecule has 0 heterocycles. The van der Waals surface area contributed by atoms with Crippen LogP contribution in [0.15, 0.2) is 78.9 Å². The van der Waals surface area contributed by atoms with Crippen LogP contribution in [0, 0.1) is 0 Å². The molecule has 4 heteroatoms. The minimum atomic E-state index is -0.998. The Morgan fingerprint density at radius 3 is 1.66 bits per heavy atom. The lowest BCUT2D eigenvalue weighted by Gasteiger charge is -2.37. The Kier molecular flexibility index (Phi) is 7.28.